The maximum Gasteiger partial charge on any atom is 0.212 e. The minimum absolute atomic E-state index is 0.170. The number of piperidine rings is 1. The van der Waals surface area contributed by atoms with Gasteiger partial charge in [0.2, 0.25) is 10.0 Å². The van der Waals surface area contributed by atoms with Gasteiger partial charge in [0.25, 0.3) is 0 Å². The third-order valence-electron chi connectivity index (χ3n) is 3.07. The first kappa shape index (κ1) is 14.9. The second-order valence-corrected chi connectivity index (χ2v) is 6.72. The van der Waals surface area contributed by atoms with Gasteiger partial charge in [-0.15, -0.1) is 0 Å². The Morgan fingerprint density at radius 2 is 2.18 bits per heavy atom. The summed E-state index contributed by atoms with van der Waals surface area (Å²) in [5, 5.41) is 3.24. The molecule has 1 rings (SSSR count). The van der Waals surface area contributed by atoms with Crippen LogP contribution in [0.4, 0.5) is 0 Å². The Morgan fingerprint density at radius 1 is 1.41 bits per heavy atom. The van der Waals surface area contributed by atoms with E-state index in [-0.39, 0.29) is 5.75 Å². The predicted molar refractivity (Wildman–Crippen MR) is 70.6 cm³/mol. The van der Waals surface area contributed by atoms with E-state index in [9.17, 15) is 8.42 Å². The molecule has 5 nitrogen and oxygen atoms in total. The number of hydrogen-bond acceptors (Lipinski definition) is 4. The van der Waals surface area contributed by atoms with Gasteiger partial charge in [0.1, 0.15) is 0 Å². The Kier molecular flexibility index (Phi) is 6.40. The quantitative estimate of drug-likeness (QED) is 0.628. The molecule has 0 aromatic carbocycles. The van der Waals surface area contributed by atoms with E-state index in [0.717, 1.165) is 13.1 Å². The van der Waals surface area contributed by atoms with Crippen molar-refractivity contribution in [3.8, 4) is 0 Å². The van der Waals surface area contributed by atoms with E-state index in [1.165, 1.54) is 19.4 Å². The molecule has 2 N–H and O–H groups in total. The van der Waals surface area contributed by atoms with E-state index in [4.69, 9.17) is 0 Å². The van der Waals surface area contributed by atoms with Gasteiger partial charge in [0.15, 0.2) is 0 Å². The van der Waals surface area contributed by atoms with Crippen LogP contribution in [-0.2, 0) is 10.0 Å². The van der Waals surface area contributed by atoms with Gasteiger partial charge < -0.3 is 10.2 Å². The largest absolute Gasteiger partial charge is 0.315 e. The lowest BCUT2D eigenvalue weighted by atomic mass is 9.98. The standard InChI is InChI=1S/C11H25N3O2S/c1-3-13-17(15,16)8-6-12-9-11-5-4-7-14(2)10-11/h11-13H,3-10H2,1-2H3. The Labute approximate surface area is 105 Å². The fourth-order valence-corrected chi connectivity index (χ4v) is 3.24. The van der Waals surface area contributed by atoms with E-state index >= 15 is 0 Å². The van der Waals surface area contributed by atoms with Gasteiger partial charge in [-0.1, -0.05) is 6.92 Å². The molecule has 1 unspecified atom stereocenters. The van der Waals surface area contributed by atoms with Crippen LogP contribution >= 0.6 is 0 Å². The number of nitrogens with one attached hydrogen (secondary N) is 2. The highest BCUT2D eigenvalue weighted by Gasteiger charge is 2.16. The summed E-state index contributed by atoms with van der Waals surface area (Å²) in [5.41, 5.74) is 0. The average molecular weight is 263 g/mol. The van der Waals surface area contributed by atoms with E-state index in [0.29, 0.717) is 19.0 Å². The highest BCUT2D eigenvalue weighted by Crippen LogP contribution is 2.13. The summed E-state index contributed by atoms with van der Waals surface area (Å²) in [5.74, 6) is 0.833. The maximum absolute atomic E-state index is 11.4. The van der Waals surface area contributed by atoms with E-state index in [1.54, 1.807) is 6.92 Å². The molecule has 1 saturated heterocycles. The van der Waals surface area contributed by atoms with Gasteiger partial charge in [-0.05, 0) is 38.9 Å². The fourth-order valence-electron chi connectivity index (χ4n) is 2.24. The molecule has 1 aliphatic rings. The van der Waals surface area contributed by atoms with Gasteiger partial charge in [-0.25, -0.2) is 13.1 Å². The van der Waals surface area contributed by atoms with Crippen LogP contribution in [0.2, 0.25) is 0 Å². The van der Waals surface area contributed by atoms with Crippen LogP contribution in [0.25, 0.3) is 0 Å². The van der Waals surface area contributed by atoms with Crippen LogP contribution in [0, 0.1) is 5.92 Å². The zero-order valence-corrected chi connectivity index (χ0v) is 11.7. The van der Waals surface area contributed by atoms with Crippen LogP contribution in [0.1, 0.15) is 19.8 Å². The molecular formula is C11H25N3O2S. The zero-order valence-electron chi connectivity index (χ0n) is 10.9. The Balaban J connectivity index is 2.11. The lowest BCUT2D eigenvalue weighted by Gasteiger charge is -2.29. The molecule has 6 heteroatoms. The van der Waals surface area contributed by atoms with Gasteiger partial charge in [-0.2, -0.15) is 0 Å². The topological polar surface area (TPSA) is 61.4 Å². The number of rotatable bonds is 7. The molecule has 0 spiro atoms. The summed E-state index contributed by atoms with van der Waals surface area (Å²) < 4.78 is 25.2. The summed E-state index contributed by atoms with van der Waals surface area (Å²) in [4.78, 5) is 2.34. The van der Waals surface area contributed by atoms with Crippen molar-refractivity contribution < 1.29 is 8.42 Å². The molecule has 0 amide bonds. The van der Waals surface area contributed by atoms with E-state index in [2.05, 4.69) is 22.0 Å². The third kappa shape index (κ3) is 6.35. The molecule has 17 heavy (non-hydrogen) atoms. The zero-order chi connectivity index (χ0) is 12.7. The van der Waals surface area contributed by atoms with Crippen LogP contribution in [0.3, 0.4) is 0 Å². The van der Waals surface area contributed by atoms with Crippen molar-refractivity contribution in [1.29, 1.82) is 0 Å². The van der Waals surface area contributed by atoms with Crippen molar-refractivity contribution in [1.82, 2.24) is 14.9 Å². The molecule has 0 bridgehead atoms. The van der Waals surface area contributed by atoms with Crippen molar-refractivity contribution in [3.63, 3.8) is 0 Å². The SMILES string of the molecule is CCNS(=O)(=O)CCNCC1CCCN(C)C1. The summed E-state index contributed by atoms with van der Waals surface area (Å²) in [6.07, 6.45) is 2.50. The molecule has 1 atom stereocenters. The lowest BCUT2D eigenvalue weighted by molar-refractivity contribution is 0.207. The number of sulfonamides is 1. The molecule has 0 aromatic rings. The van der Waals surface area contributed by atoms with Crippen LogP contribution in [-0.4, -0.2) is 58.8 Å². The predicted octanol–water partition coefficient (Wildman–Crippen LogP) is -0.143. The average Bonchev–Trinajstić information content (AvgIpc) is 2.24. The summed E-state index contributed by atoms with van der Waals surface area (Å²) in [7, 11) is -0.928. The second-order valence-electron chi connectivity index (χ2n) is 4.79. The molecule has 0 aliphatic carbocycles. The van der Waals surface area contributed by atoms with Crippen LogP contribution < -0.4 is 10.0 Å². The van der Waals surface area contributed by atoms with Gasteiger partial charge in [0, 0.05) is 19.6 Å². The monoisotopic (exact) mass is 263 g/mol. The smallest absolute Gasteiger partial charge is 0.212 e. The Bertz CT molecular complexity index is 306. The van der Waals surface area contributed by atoms with Crippen molar-refractivity contribution in [2.45, 2.75) is 19.8 Å². The van der Waals surface area contributed by atoms with Crippen molar-refractivity contribution in [3.05, 3.63) is 0 Å². The lowest BCUT2D eigenvalue weighted by Crippen LogP contribution is -2.39. The van der Waals surface area contributed by atoms with Gasteiger partial charge in [0.05, 0.1) is 5.75 Å². The molecule has 102 valence electrons. The highest BCUT2D eigenvalue weighted by molar-refractivity contribution is 7.89. The molecule has 1 heterocycles. The summed E-state index contributed by atoms with van der Waals surface area (Å²) in [6, 6.07) is 0. The molecule has 0 aromatic heterocycles. The van der Waals surface area contributed by atoms with E-state index in [1.807, 2.05) is 0 Å². The molecule has 1 fully saturated rings. The normalized spacial score (nSPS) is 22.8. The van der Waals surface area contributed by atoms with E-state index < -0.39 is 10.0 Å². The van der Waals surface area contributed by atoms with Crippen molar-refractivity contribution in [2.24, 2.45) is 5.92 Å². The molecule has 1 aliphatic heterocycles. The maximum atomic E-state index is 11.4. The first-order valence-electron chi connectivity index (χ1n) is 6.40. The van der Waals surface area contributed by atoms with Gasteiger partial charge in [-0.3, -0.25) is 0 Å². The van der Waals surface area contributed by atoms with Crippen LogP contribution in [0.5, 0.6) is 0 Å². The molecule has 0 radical (unpaired) electrons. The first-order valence-corrected chi connectivity index (χ1v) is 8.05. The number of likely N-dealkylation sites (tertiary alicyclic amines) is 1. The Morgan fingerprint density at radius 3 is 2.82 bits per heavy atom. The summed E-state index contributed by atoms with van der Waals surface area (Å²) >= 11 is 0. The third-order valence-corrected chi connectivity index (χ3v) is 4.54. The summed E-state index contributed by atoms with van der Waals surface area (Å²) in [6.45, 7) is 6.03. The number of nitrogens with zero attached hydrogens (tertiary/aromatic N) is 1. The van der Waals surface area contributed by atoms with Crippen molar-refractivity contribution >= 4 is 10.0 Å². The fraction of sp³-hybridized carbons (Fsp3) is 1.00. The minimum atomic E-state index is -3.07. The van der Waals surface area contributed by atoms with Crippen molar-refractivity contribution in [2.75, 3.05) is 45.5 Å². The molecule has 0 saturated carbocycles. The Hall–Kier alpha value is -0.170. The second kappa shape index (κ2) is 7.31. The first-order chi connectivity index (χ1) is 8.03. The van der Waals surface area contributed by atoms with Crippen LogP contribution in [0.15, 0.2) is 0 Å². The number of hydrogen-bond donors (Lipinski definition) is 2. The molecular weight excluding hydrogens is 238 g/mol. The highest BCUT2D eigenvalue weighted by atomic mass is 32.2. The minimum Gasteiger partial charge on any atom is -0.315 e. The van der Waals surface area contributed by atoms with Gasteiger partial charge >= 0.3 is 0 Å².